The molecule has 0 bridgehead atoms. The maximum atomic E-state index is 13.0. The number of piperidine rings is 1. The molecule has 94 valence electrons. The molecule has 0 amide bonds. The average molecular weight is 238 g/mol. The summed E-state index contributed by atoms with van der Waals surface area (Å²) in [6.07, 6.45) is 1.31. The van der Waals surface area contributed by atoms with Crippen molar-refractivity contribution in [1.29, 1.82) is 0 Å². The number of aliphatic hydroxyl groups excluding tert-OH is 1. The number of halogens is 1. The predicted octanol–water partition coefficient (Wildman–Crippen LogP) is 1.28. The molecule has 4 heteroatoms. The summed E-state index contributed by atoms with van der Waals surface area (Å²) in [5, 5.41) is 10.0. The van der Waals surface area contributed by atoms with Crippen molar-refractivity contribution in [1.82, 2.24) is 4.90 Å². The molecule has 3 N–H and O–H groups in total. The fraction of sp³-hybridized carbons (Fsp3) is 0.538. The molecule has 17 heavy (non-hydrogen) atoms. The third kappa shape index (κ3) is 3.49. The third-order valence-electron chi connectivity index (χ3n) is 3.30. The lowest BCUT2D eigenvalue weighted by Gasteiger charge is -2.31. The first-order valence-corrected chi connectivity index (χ1v) is 6.06. The molecule has 0 aromatic heterocycles. The lowest BCUT2D eigenvalue weighted by atomic mass is 10.0. The summed E-state index contributed by atoms with van der Waals surface area (Å²) >= 11 is 0. The van der Waals surface area contributed by atoms with E-state index in [4.69, 9.17) is 5.73 Å². The van der Waals surface area contributed by atoms with Crippen molar-refractivity contribution in [2.45, 2.75) is 25.0 Å². The molecule has 0 aliphatic carbocycles. The van der Waals surface area contributed by atoms with Crippen molar-refractivity contribution in [2.75, 3.05) is 19.6 Å². The van der Waals surface area contributed by atoms with Crippen LogP contribution in [0.1, 0.15) is 24.5 Å². The van der Waals surface area contributed by atoms with Gasteiger partial charge in [-0.05, 0) is 43.6 Å². The van der Waals surface area contributed by atoms with Gasteiger partial charge in [-0.1, -0.05) is 12.1 Å². The van der Waals surface area contributed by atoms with Crippen LogP contribution in [-0.4, -0.2) is 35.7 Å². The number of hydrogen-bond acceptors (Lipinski definition) is 3. The number of benzene rings is 1. The summed E-state index contributed by atoms with van der Waals surface area (Å²) in [7, 11) is 0. The molecule has 1 heterocycles. The van der Waals surface area contributed by atoms with Gasteiger partial charge in [0.05, 0.1) is 6.10 Å². The van der Waals surface area contributed by atoms with Crippen LogP contribution in [0.3, 0.4) is 0 Å². The van der Waals surface area contributed by atoms with E-state index in [1.54, 1.807) is 12.1 Å². The second kappa shape index (κ2) is 5.58. The second-order valence-corrected chi connectivity index (χ2v) is 4.71. The normalized spacial score (nSPS) is 20.4. The highest BCUT2D eigenvalue weighted by molar-refractivity contribution is 5.19. The van der Waals surface area contributed by atoms with E-state index in [2.05, 4.69) is 4.90 Å². The highest BCUT2D eigenvalue weighted by Gasteiger charge is 2.19. The Hall–Kier alpha value is -0.970. The topological polar surface area (TPSA) is 49.5 Å². The molecule has 1 aliphatic rings. The van der Waals surface area contributed by atoms with E-state index in [1.165, 1.54) is 12.1 Å². The lowest BCUT2D eigenvalue weighted by Crippen LogP contribution is -2.41. The van der Waals surface area contributed by atoms with Crippen LogP contribution in [0.25, 0.3) is 0 Å². The van der Waals surface area contributed by atoms with Gasteiger partial charge in [-0.15, -0.1) is 0 Å². The number of hydrogen-bond donors (Lipinski definition) is 2. The Morgan fingerprint density at radius 2 is 2.12 bits per heavy atom. The Morgan fingerprint density at radius 1 is 1.41 bits per heavy atom. The summed E-state index contributed by atoms with van der Waals surface area (Å²) in [6.45, 7) is 2.37. The number of rotatable bonds is 3. The van der Waals surface area contributed by atoms with E-state index in [0.29, 0.717) is 12.1 Å². The molecule has 1 aliphatic heterocycles. The fourth-order valence-electron chi connectivity index (χ4n) is 2.20. The molecule has 0 radical (unpaired) electrons. The zero-order valence-electron chi connectivity index (χ0n) is 9.85. The number of β-amino-alcohol motifs (C(OH)–C–C–N with tert-alkyl or cyclic N) is 1. The zero-order valence-corrected chi connectivity index (χ0v) is 9.85. The van der Waals surface area contributed by atoms with Gasteiger partial charge in [0.15, 0.2) is 0 Å². The molecule has 0 spiro atoms. The lowest BCUT2D eigenvalue weighted by molar-refractivity contribution is 0.0975. The van der Waals surface area contributed by atoms with Crippen molar-refractivity contribution >= 4 is 0 Å². The van der Waals surface area contributed by atoms with Gasteiger partial charge in [0.1, 0.15) is 5.82 Å². The first-order chi connectivity index (χ1) is 8.15. The average Bonchev–Trinajstić information content (AvgIpc) is 2.32. The molecule has 1 fully saturated rings. The molecular formula is C13H19FN2O. The first kappa shape index (κ1) is 12.5. The van der Waals surface area contributed by atoms with E-state index < -0.39 is 6.10 Å². The van der Waals surface area contributed by atoms with Crippen molar-refractivity contribution < 1.29 is 9.50 Å². The Bertz CT molecular complexity index is 364. The minimum atomic E-state index is -0.625. The molecule has 1 aromatic rings. The molecule has 2 rings (SSSR count). The van der Waals surface area contributed by atoms with Gasteiger partial charge in [0, 0.05) is 12.6 Å². The summed E-state index contributed by atoms with van der Waals surface area (Å²) < 4.78 is 13.0. The molecule has 1 unspecified atom stereocenters. The molecule has 1 aromatic carbocycles. The highest BCUT2D eigenvalue weighted by atomic mass is 19.1. The van der Waals surface area contributed by atoms with Gasteiger partial charge in [-0.2, -0.15) is 0 Å². The van der Waals surface area contributed by atoms with Gasteiger partial charge in [0.2, 0.25) is 0 Å². The highest BCUT2D eigenvalue weighted by Crippen LogP contribution is 2.17. The van der Waals surface area contributed by atoms with Crippen LogP contribution in [0.4, 0.5) is 4.39 Å². The van der Waals surface area contributed by atoms with E-state index in [1.807, 2.05) is 0 Å². The zero-order chi connectivity index (χ0) is 12.3. The number of nitrogens with two attached hydrogens (primary N) is 1. The fourth-order valence-corrected chi connectivity index (χ4v) is 2.20. The Morgan fingerprint density at radius 3 is 2.76 bits per heavy atom. The van der Waals surface area contributed by atoms with Gasteiger partial charge < -0.3 is 15.7 Å². The van der Waals surface area contributed by atoms with Gasteiger partial charge in [-0.3, -0.25) is 0 Å². The van der Waals surface area contributed by atoms with Crippen LogP contribution >= 0.6 is 0 Å². The smallest absolute Gasteiger partial charge is 0.123 e. The van der Waals surface area contributed by atoms with Gasteiger partial charge in [0.25, 0.3) is 0 Å². The molecule has 1 saturated heterocycles. The monoisotopic (exact) mass is 238 g/mol. The number of likely N-dealkylation sites (tertiary alicyclic amines) is 1. The second-order valence-electron chi connectivity index (χ2n) is 4.71. The molecule has 0 saturated carbocycles. The van der Waals surface area contributed by atoms with Crippen molar-refractivity contribution in [3.05, 3.63) is 35.6 Å². The summed E-state index contributed by atoms with van der Waals surface area (Å²) in [5.41, 5.74) is 6.46. The van der Waals surface area contributed by atoms with Crippen molar-refractivity contribution in [3.63, 3.8) is 0 Å². The van der Waals surface area contributed by atoms with Crippen LogP contribution in [0.5, 0.6) is 0 Å². The maximum absolute atomic E-state index is 13.0. The van der Waals surface area contributed by atoms with Crippen LogP contribution in [0, 0.1) is 5.82 Å². The van der Waals surface area contributed by atoms with Crippen LogP contribution in [0.15, 0.2) is 24.3 Å². The van der Waals surface area contributed by atoms with Crippen LogP contribution in [-0.2, 0) is 0 Å². The standard InChI is InChI=1S/C13H19FN2O/c14-11-3-1-2-10(8-11)13(17)9-16-6-4-12(15)5-7-16/h1-3,8,12-13,17H,4-7,9,15H2. The maximum Gasteiger partial charge on any atom is 0.123 e. The minimum Gasteiger partial charge on any atom is -0.387 e. The summed E-state index contributed by atoms with van der Waals surface area (Å²) in [4.78, 5) is 2.18. The Labute approximate surface area is 101 Å². The van der Waals surface area contributed by atoms with Gasteiger partial charge >= 0.3 is 0 Å². The number of aliphatic hydroxyl groups is 1. The van der Waals surface area contributed by atoms with Crippen molar-refractivity contribution in [3.8, 4) is 0 Å². The molecule has 3 nitrogen and oxygen atoms in total. The molecular weight excluding hydrogens is 219 g/mol. The Balaban J connectivity index is 1.90. The van der Waals surface area contributed by atoms with E-state index in [0.717, 1.165) is 25.9 Å². The number of nitrogens with zero attached hydrogens (tertiary/aromatic N) is 1. The SMILES string of the molecule is NC1CCN(CC(O)c2cccc(F)c2)CC1. The van der Waals surface area contributed by atoms with Crippen molar-refractivity contribution in [2.24, 2.45) is 5.73 Å². The summed E-state index contributed by atoms with van der Waals surface area (Å²) in [6, 6.07) is 6.44. The van der Waals surface area contributed by atoms with Gasteiger partial charge in [-0.25, -0.2) is 4.39 Å². The van der Waals surface area contributed by atoms with E-state index >= 15 is 0 Å². The molecule has 1 atom stereocenters. The van der Waals surface area contributed by atoms with Crippen LogP contribution < -0.4 is 5.73 Å². The largest absolute Gasteiger partial charge is 0.387 e. The quantitative estimate of drug-likeness (QED) is 0.834. The first-order valence-electron chi connectivity index (χ1n) is 6.06. The Kier molecular flexibility index (Phi) is 4.10. The summed E-state index contributed by atoms with van der Waals surface area (Å²) in [5.74, 6) is -0.304. The van der Waals surface area contributed by atoms with Crippen LogP contribution in [0.2, 0.25) is 0 Å². The van der Waals surface area contributed by atoms with E-state index in [-0.39, 0.29) is 11.9 Å². The predicted molar refractivity (Wildman–Crippen MR) is 65.0 cm³/mol. The third-order valence-corrected chi connectivity index (χ3v) is 3.30. The van der Waals surface area contributed by atoms with E-state index in [9.17, 15) is 9.50 Å². The minimum absolute atomic E-state index is 0.289.